The molecule has 1 aromatic rings. The quantitative estimate of drug-likeness (QED) is 0.432. The maximum absolute atomic E-state index is 11.3. The van der Waals surface area contributed by atoms with Crippen LogP contribution < -0.4 is 16.2 Å². The van der Waals surface area contributed by atoms with E-state index in [4.69, 9.17) is 5.84 Å². The van der Waals surface area contributed by atoms with Crippen molar-refractivity contribution in [2.45, 2.75) is 0 Å². The van der Waals surface area contributed by atoms with E-state index in [0.29, 0.717) is 5.82 Å². The number of rotatable bonds is 3. The van der Waals surface area contributed by atoms with Crippen LogP contribution in [-0.4, -0.2) is 42.9 Å². The first kappa shape index (κ1) is 13.5. The third kappa shape index (κ3) is 3.09. The highest BCUT2D eigenvalue weighted by molar-refractivity contribution is 7.91. The van der Waals surface area contributed by atoms with Gasteiger partial charge < -0.3 is 10.3 Å². The van der Waals surface area contributed by atoms with E-state index in [1.807, 2.05) is 0 Å². The lowest BCUT2D eigenvalue weighted by atomic mass is 10.3. The van der Waals surface area contributed by atoms with Gasteiger partial charge in [-0.1, -0.05) is 0 Å². The maximum atomic E-state index is 11.3. The van der Waals surface area contributed by atoms with E-state index in [2.05, 4.69) is 10.4 Å². The van der Waals surface area contributed by atoms with E-state index >= 15 is 0 Å². The molecule has 0 radical (unpaired) electrons. The van der Waals surface area contributed by atoms with Gasteiger partial charge in [-0.25, -0.2) is 19.2 Å². The molecule has 9 nitrogen and oxygen atoms in total. The van der Waals surface area contributed by atoms with Gasteiger partial charge in [-0.15, -0.1) is 0 Å². The minimum atomic E-state index is -3.01. The van der Waals surface area contributed by atoms with Gasteiger partial charge in [0.05, 0.1) is 28.6 Å². The minimum Gasteiger partial charge on any atom is -0.354 e. The van der Waals surface area contributed by atoms with Crippen LogP contribution in [0.2, 0.25) is 0 Å². The van der Waals surface area contributed by atoms with Crippen molar-refractivity contribution in [3.63, 3.8) is 0 Å². The van der Waals surface area contributed by atoms with Crippen LogP contribution >= 0.6 is 0 Å². The molecule has 2 heterocycles. The highest BCUT2D eigenvalue weighted by Crippen LogP contribution is 2.24. The summed E-state index contributed by atoms with van der Waals surface area (Å²) >= 11 is 0. The van der Waals surface area contributed by atoms with Crippen LogP contribution in [0.5, 0.6) is 0 Å². The van der Waals surface area contributed by atoms with E-state index in [0.717, 1.165) is 0 Å². The van der Waals surface area contributed by atoms with Crippen molar-refractivity contribution < 1.29 is 13.3 Å². The number of nitrogen functional groups attached to an aromatic ring is 1. The van der Waals surface area contributed by atoms with E-state index in [9.17, 15) is 18.5 Å². The average Bonchev–Trinajstić information content (AvgIpc) is 2.38. The summed E-state index contributed by atoms with van der Waals surface area (Å²) in [5.74, 6) is 5.75. The van der Waals surface area contributed by atoms with Gasteiger partial charge in [-0.05, 0) is 0 Å². The number of anilines is 2. The fraction of sp³-hybridized carbons (Fsp3) is 0.444. The molecule has 0 spiro atoms. The Morgan fingerprint density at radius 1 is 1.37 bits per heavy atom. The van der Waals surface area contributed by atoms with Crippen LogP contribution in [0, 0.1) is 10.1 Å². The topological polar surface area (TPSA) is 131 Å². The van der Waals surface area contributed by atoms with Gasteiger partial charge in [-0.3, -0.25) is 10.1 Å². The predicted octanol–water partition coefficient (Wildman–Crippen LogP) is -0.490. The Morgan fingerprint density at radius 2 is 2.00 bits per heavy atom. The molecule has 19 heavy (non-hydrogen) atoms. The molecule has 0 aromatic carbocycles. The van der Waals surface area contributed by atoms with E-state index in [-0.39, 0.29) is 36.1 Å². The molecular weight excluding hydrogens is 274 g/mol. The molecule has 0 atom stereocenters. The molecule has 0 unspecified atom stereocenters. The second-order valence-corrected chi connectivity index (χ2v) is 6.41. The van der Waals surface area contributed by atoms with Crippen molar-refractivity contribution in [2.75, 3.05) is 34.9 Å². The van der Waals surface area contributed by atoms with Gasteiger partial charge in [0.25, 0.3) is 5.69 Å². The second-order valence-electron chi connectivity index (χ2n) is 4.11. The number of aromatic nitrogens is 1. The van der Waals surface area contributed by atoms with Crippen molar-refractivity contribution in [3.8, 4) is 0 Å². The van der Waals surface area contributed by atoms with Gasteiger partial charge in [-0.2, -0.15) is 0 Å². The van der Waals surface area contributed by atoms with Crippen molar-refractivity contribution in [2.24, 2.45) is 5.84 Å². The number of nitrogens with two attached hydrogens (primary N) is 1. The summed E-state index contributed by atoms with van der Waals surface area (Å²) in [6.07, 6.45) is 0. The zero-order valence-electron chi connectivity index (χ0n) is 9.94. The normalized spacial score (nSPS) is 18.1. The number of sulfone groups is 1. The number of nitro groups is 1. The zero-order valence-corrected chi connectivity index (χ0v) is 10.8. The van der Waals surface area contributed by atoms with Crippen LogP contribution in [0.4, 0.5) is 17.3 Å². The minimum absolute atomic E-state index is 0.0166. The molecule has 1 aromatic heterocycles. The zero-order chi connectivity index (χ0) is 14.0. The van der Waals surface area contributed by atoms with Crippen molar-refractivity contribution >= 4 is 27.2 Å². The number of nitrogens with one attached hydrogen (secondary N) is 1. The Hall–Kier alpha value is -1.94. The smallest absolute Gasteiger partial charge is 0.276 e. The summed E-state index contributed by atoms with van der Waals surface area (Å²) in [7, 11) is -3.01. The number of pyridine rings is 1. The van der Waals surface area contributed by atoms with Crippen molar-refractivity contribution in [1.29, 1.82) is 0 Å². The number of hydrogen-bond donors (Lipinski definition) is 2. The molecule has 0 amide bonds. The van der Waals surface area contributed by atoms with Gasteiger partial charge >= 0.3 is 0 Å². The van der Waals surface area contributed by atoms with Gasteiger partial charge in [0, 0.05) is 13.1 Å². The summed E-state index contributed by atoms with van der Waals surface area (Å²) < 4.78 is 22.7. The predicted molar refractivity (Wildman–Crippen MR) is 69.6 cm³/mol. The summed E-state index contributed by atoms with van der Waals surface area (Å²) in [5.41, 5.74) is 2.11. The first-order valence-electron chi connectivity index (χ1n) is 5.50. The molecule has 2 rings (SSSR count). The largest absolute Gasteiger partial charge is 0.354 e. The molecule has 0 aliphatic carbocycles. The van der Waals surface area contributed by atoms with Crippen LogP contribution in [-0.2, 0) is 9.84 Å². The lowest BCUT2D eigenvalue weighted by Gasteiger charge is -2.27. The molecule has 1 fully saturated rings. The molecule has 1 aliphatic rings. The maximum Gasteiger partial charge on any atom is 0.276 e. The molecule has 0 saturated carbocycles. The van der Waals surface area contributed by atoms with Crippen LogP contribution in [0.3, 0.4) is 0 Å². The third-order valence-electron chi connectivity index (χ3n) is 2.82. The highest BCUT2D eigenvalue weighted by atomic mass is 32.2. The molecule has 104 valence electrons. The average molecular weight is 287 g/mol. The lowest BCUT2D eigenvalue weighted by molar-refractivity contribution is -0.384. The molecule has 3 N–H and O–H groups in total. The van der Waals surface area contributed by atoms with Gasteiger partial charge in [0.15, 0.2) is 9.84 Å². The lowest BCUT2D eigenvalue weighted by Crippen LogP contribution is -2.40. The van der Waals surface area contributed by atoms with E-state index < -0.39 is 14.8 Å². The SMILES string of the molecule is NNc1cc([N+](=O)[O-])cc(N2CCS(=O)(=O)CC2)n1. The summed E-state index contributed by atoms with van der Waals surface area (Å²) in [5, 5.41) is 10.8. The third-order valence-corrected chi connectivity index (χ3v) is 4.43. The molecule has 1 saturated heterocycles. The number of hydrazine groups is 1. The van der Waals surface area contributed by atoms with Gasteiger partial charge in [0.2, 0.25) is 0 Å². The fourth-order valence-electron chi connectivity index (χ4n) is 1.78. The Balaban J connectivity index is 2.29. The monoisotopic (exact) mass is 287 g/mol. The fourth-order valence-corrected chi connectivity index (χ4v) is 2.99. The Bertz CT molecular complexity index is 589. The summed E-state index contributed by atoms with van der Waals surface area (Å²) in [4.78, 5) is 16.0. The van der Waals surface area contributed by atoms with Crippen LogP contribution in [0.25, 0.3) is 0 Å². The molecular formula is C9H13N5O4S. The van der Waals surface area contributed by atoms with E-state index in [1.54, 1.807) is 4.90 Å². The highest BCUT2D eigenvalue weighted by Gasteiger charge is 2.24. The number of hydrogen-bond acceptors (Lipinski definition) is 8. The Kier molecular flexibility index (Phi) is 3.53. The number of nitrogens with zero attached hydrogens (tertiary/aromatic N) is 3. The Morgan fingerprint density at radius 3 is 2.53 bits per heavy atom. The van der Waals surface area contributed by atoms with Crippen molar-refractivity contribution in [3.05, 3.63) is 22.2 Å². The first-order valence-corrected chi connectivity index (χ1v) is 7.32. The van der Waals surface area contributed by atoms with Crippen LogP contribution in [0.1, 0.15) is 0 Å². The molecule has 0 bridgehead atoms. The first-order chi connectivity index (χ1) is 8.91. The van der Waals surface area contributed by atoms with E-state index in [1.165, 1.54) is 12.1 Å². The van der Waals surface area contributed by atoms with Gasteiger partial charge in [0.1, 0.15) is 11.6 Å². The second kappa shape index (κ2) is 4.97. The van der Waals surface area contributed by atoms with Crippen molar-refractivity contribution in [1.82, 2.24) is 4.98 Å². The van der Waals surface area contributed by atoms with Crippen LogP contribution in [0.15, 0.2) is 12.1 Å². The molecule has 1 aliphatic heterocycles. The Labute approximate surface area is 109 Å². The standard InChI is InChI=1S/C9H13N5O4S/c10-12-8-5-7(14(15)16)6-9(11-8)13-1-3-19(17,18)4-2-13/h5-6H,1-4,10H2,(H,11,12). The summed E-state index contributed by atoms with van der Waals surface area (Å²) in [6, 6.07) is 2.52. The molecule has 10 heteroatoms. The summed E-state index contributed by atoms with van der Waals surface area (Å²) in [6.45, 7) is 0.529.